The maximum Gasteiger partial charge on any atom is 0.323 e. The molecule has 5 heteroatoms. The number of hydrogen-bond donors (Lipinski definition) is 1. The van der Waals surface area contributed by atoms with Crippen LogP contribution in [-0.4, -0.2) is 61.4 Å². The Labute approximate surface area is 115 Å². The Morgan fingerprint density at radius 2 is 1.84 bits per heavy atom. The van der Waals surface area contributed by atoms with Crippen LogP contribution in [0.5, 0.6) is 0 Å². The SMILES string of the molecule is CC1CC(OC(=O)C(C)N2CCNCC2)CC(C)O1. The van der Waals surface area contributed by atoms with E-state index in [1.165, 1.54) is 0 Å². The summed E-state index contributed by atoms with van der Waals surface area (Å²) in [5.41, 5.74) is 0. The number of ether oxygens (including phenoxy) is 2. The van der Waals surface area contributed by atoms with Gasteiger partial charge in [-0.05, 0) is 20.8 Å². The second-order valence-corrected chi connectivity index (χ2v) is 5.75. The Bertz CT molecular complexity index is 295. The molecule has 1 N–H and O–H groups in total. The lowest BCUT2D eigenvalue weighted by Crippen LogP contribution is -2.51. The minimum atomic E-state index is -0.143. The number of nitrogens with one attached hydrogen (secondary N) is 1. The third-order valence-electron chi connectivity index (χ3n) is 3.98. The topological polar surface area (TPSA) is 50.8 Å². The fraction of sp³-hybridized carbons (Fsp3) is 0.929. The molecule has 0 amide bonds. The molecule has 3 unspecified atom stereocenters. The van der Waals surface area contributed by atoms with Crippen molar-refractivity contribution >= 4 is 5.97 Å². The lowest BCUT2D eigenvalue weighted by Gasteiger charge is -2.35. The van der Waals surface area contributed by atoms with E-state index in [0.29, 0.717) is 0 Å². The third-order valence-corrected chi connectivity index (χ3v) is 3.98. The summed E-state index contributed by atoms with van der Waals surface area (Å²) in [5.74, 6) is -0.0896. The van der Waals surface area contributed by atoms with E-state index < -0.39 is 0 Å². The van der Waals surface area contributed by atoms with Crippen LogP contribution in [0, 0.1) is 0 Å². The zero-order valence-electron chi connectivity index (χ0n) is 12.2. The standard InChI is InChI=1S/C14H26N2O3/c1-10-8-13(9-11(2)18-10)19-14(17)12(3)16-6-4-15-5-7-16/h10-13,15H,4-9H2,1-3H3. The molecule has 2 saturated heterocycles. The number of rotatable bonds is 3. The van der Waals surface area contributed by atoms with Gasteiger partial charge in [-0.2, -0.15) is 0 Å². The van der Waals surface area contributed by atoms with E-state index >= 15 is 0 Å². The van der Waals surface area contributed by atoms with Gasteiger partial charge in [-0.1, -0.05) is 0 Å². The first-order chi connectivity index (χ1) is 9.06. The van der Waals surface area contributed by atoms with Crippen LogP contribution in [0.2, 0.25) is 0 Å². The van der Waals surface area contributed by atoms with Crippen molar-refractivity contribution in [3.8, 4) is 0 Å². The molecule has 2 aliphatic rings. The molecule has 2 aliphatic heterocycles. The normalized spacial score (nSPS) is 34.8. The Morgan fingerprint density at radius 3 is 2.42 bits per heavy atom. The van der Waals surface area contributed by atoms with E-state index in [1.54, 1.807) is 0 Å². The maximum atomic E-state index is 12.2. The highest BCUT2D eigenvalue weighted by Crippen LogP contribution is 2.22. The highest BCUT2D eigenvalue weighted by Gasteiger charge is 2.30. The van der Waals surface area contributed by atoms with Crippen LogP contribution < -0.4 is 5.32 Å². The van der Waals surface area contributed by atoms with Gasteiger partial charge in [-0.25, -0.2) is 0 Å². The summed E-state index contributed by atoms with van der Waals surface area (Å²) in [7, 11) is 0. The van der Waals surface area contributed by atoms with Crippen LogP contribution in [0.1, 0.15) is 33.6 Å². The number of nitrogens with zero attached hydrogens (tertiary/aromatic N) is 1. The number of carbonyl (C=O) groups excluding carboxylic acids is 1. The van der Waals surface area contributed by atoms with E-state index in [9.17, 15) is 4.79 Å². The van der Waals surface area contributed by atoms with E-state index in [2.05, 4.69) is 10.2 Å². The average molecular weight is 270 g/mol. The largest absolute Gasteiger partial charge is 0.461 e. The second kappa shape index (κ2) is 6.68. The van der Waals surface area contributed by atoms with Crippen molar-refractivity contribution in [1.29, 1.82) is 0 Å². The van der Waals surface area contributed by atoms with Gasteiger partial charge in [-0.15, -0.1) is 0 Å². The number of hydrogen-bond acceptors (Lipinski definition) is 5. The molecule has 0 aromatic heterocycles. The van der Waals surface area contributed by atoms with Crippen molar-refractivity contribution in [2.75, 3.05) is 26.2 Å². The first-order valence-corrected chi connectivity index (χ1v) is 7.37. The van der Waals surface area contributed by atoms with Gasteiger partial charge in [0.2, 0.25) is 0 Å². The molecule has 0 saturated carbocycles. The van der Waals surface area contributed by atoms with Crippen molar-refractivity contribution in [2.24, 2.45) is 0 Å². The summed E-state index contributed by atoms with van der Waals surface area (Å²) in [4.78, 5) is 14.4. The lowest BCUT2D eigenvalue weighted by molar-refractivity contribution is -0.165. The van der Waals surface area contributed by atoms with Crippen molar-refractivity contribution in [3.05, 3.63) is 0 Å². The molecule has 0 aliphatic carbocycles. The van der Waals surface area contributed by atoms with Gasteiger partial charge in [0.05, 0.1) is 12.2 Å². The van der Waals surface area contributed by atoms with Crippen LogP contribution in [0.4, 0.5) is 0 Å². The van der Waals surface area contributed by atoms with Gasteiger partial charge in [0.25, 0.3) is 0 Å². The fourth-order valence-electron chi connectivity index (χ4n) is 2.92. The van der Waals surface area contributed by atoms with Crippen molar-refractivity contribution < 1.29 is 14.3 Å². The van der Waals surface area contributed by atoms with Crippen LogP contribution >= 0.6 is 0 Å². The van der Waals surface area contributed by atoms with Gasteiger partial charge < -0.3 is 14.8 Å². The smallest absolute Gasteiger partial charge is 0.323 e. The van der Waals surface area contributed by atoms with Gasteiger partial charge >= 0.3 is 5.97 Å². The third kappa shape index (κ3) is 4.16. The zero-order chi connectivity index (χ0) is 13.8. The molecule has 2 heterocycles. The van der Waals surface area contributed by atoms with Gasteiger partial charge in [0, 0.05) is 39.0 Å². The van der Waals surface area contributed by atoms with Crippen LogP contribution in [0.3, 0.4) is 0 Å². The van der Waals surface area contributed by atoms with Crippen LogP contribution in [-0.2, 0) is 14.3 Å². The second-order valence-electron chi connectivity index (χ2n) is 5.75. The Morgan fingerprint density at radius 1 is 1.26 bits per heavy atom. The molecular formula is C14H26N2O3. The summed E-state index contributed by atoms with van der Waals surface area (Å²) < 4.78 is 11.3. The first kappa shape index (κ1) is 14.8. The molecule has 0 spiro atoms. The summed E-state index contributed by atoms with van der Waals surface area (Å²) in [5, 5.41) is 3.29. The summed E-state index contributed by atoms with van der Waals surface area (Å²) in [6, 6.07) is -0.143. The number of esters is 1. The van der Waals surface area contributed by atoms with Crippen LogP contribution in [0.25, 0.3) is 0 Å². The molecule has 2 rings (SSSR count). The van der Waals surface area contributed by atoms with E-state index in [-0.39, 0.29) is 30.3 Å². The lowest BCUT2D eigenvalue weighted by atomic mass is 10.0. The van der Waals surface area contributed by atoms with Crippen molar-refractivity contribution in [3.63, 3.8) is 0 Å². The molecule has 0 bridgehead atoms. The van der Waals surface area contributed by atoms with E-state index in [0.717, 1.165) is 39.0 Å². The van der Waals surface area contributed by atoms with Gasteiger partial charge in [0.15, 0.2) is 0 Å². The average Bonchev–Trinajstić information content (AvgIpc) is 2.37. The molecule has 0 aromatic rings. The molecule has 5 nitrogen and oxygen atoms in total. The molecule has 19 heavy (non-hydrogen) atoms. The Balaban J connectivity index is 1.82. The summed E-state index contributed by atoms with van der Waals surface area (Å²) >= 11 is 0. The monoisotopic (exact) mass is 270 g/mol. The van der Waals surface area contributed by atoms with Crippen molar-refractivity contribution in [1.82, 2.24) is 10.2 Å². The fourth-order valence-corrected chi connectivity index (χ4v) is 2.92. The number of piperazine rings is 1. The van der Waals surface area contributed by atoms with Crippen LogP contribution in [0.15, 0.2) is 0 Å². The van der Waals surface area contributed by atoms with Crippen molar-refractivity contribution in [2.45, 2.75) is 58.0 Å². The van der Waals surface area contributed by atoms with Gasteiger partial charge in [0.1, 0.15) is 12.1 Å². The minimum absolute atomic E-state index is 0.0108. The highest BCUT2D eigenvalue weighted by molar-refractivity contribution is 5.75. The van der Waals surface area contributed by atoms with Gasteiger partial charge in [-0.3, -0.25) is 9.69 Å². The molecule has 2 fully saturated rings. The predicted octanol–water partition coefficient (Wildman–Crippen LogP) is 0.779. The first-order valence-electron chi connectivity index (χ1n) is 7.37. The molecule has 0 radical (unpaired) electrons. The molecule has 0 aromatic carbocycles. The van der Waals surface area contributed by atoms with E-state index in [1.807, 2.05) is 20.8 Å². The Hall–Kier alpha value is -0.650. The molecule has 110 valence electrons. The zero-order valence-corrected chi connectivity index (χ0v) is 12.2. The summed E-state index contributed by atoms with van der Waals surface area (Å²) in [6.07, 6.45) is 1.98. The summed E-state index contributed by atoms with van der Waals surface area (Å²) in [6.45, 7) is 9.74. The minimum Gasteiger partial charge on any atom is -0.461 e. The molecular weight excluding hydrogens is 244 g/mol. The van der Waals surface area contributed by atoms with E-state index in [4.69, 9.17) is 9.47 Å². The Kier molecular flexibility index (Phi) is 5.19. The quantitative estimate of drug-likeness (QED) is 0.768. The highest BCUT2D eigenvalue weighted by atomic mass is 16.6. The number of carbonyl (C=O) groups is 1. The maximum absolute atomic E-state index is 12.2. The molecule has 3 atom stereocenters. The predicted molar refractivity (Wildman–Crippen MR) is 73.0 cm³/mol.